The Labute approximate surface area is 574 Å². The van der Waals surface area contributed by atoms with E-state index in [4.69, 9.17) is 21.1 Å². The van der Waals surface area contributed by atoms with Crippen LogP contribution >= 0.6 is 11.6 Å². The van der Waals surface area contributed by atoms with E-state index in [-0.39, 0.29) is 64.8 Å². The van der Waals surface area contributed by atoms with E-state index in [1.54, 1.807) is 52.0 Å². The number of nitrogens with zero attached hydrogens (tertiary/aromatic N) is 15. The number of pyridine rings is 4. The van der Waals surface area contributed by atoms with Crippen LogP contribution in [0.15, 0.2) is 73.3 Å². The number of rotatable bonds is 20. The molecule has 8 aromatic rings. The number of fused-ring (bicyclic) bond motifs is 2. The van der Waals surface area contributed by atoms with Crippen LogP contribution in [-0.2, 0) is 36.4 Å². The van der Waals surface area contributed by atoms with Gasteiger partial charge >= 0.3 is 11.5 Å². The highest BCUT2D eigenvalue weighted by Gasteiger charge is 2.60. The van der Waals surface area contributed by atoms with Crippen LogP contribution in [0.3, 0.4) is 0 Å². The SMILES string of the molecule is C.COC[C@@H](C)OC(=O)Cl.COC[C@@H](C)OC(=O)N(c1cc(C#N)c2ncc(C#N)c(NCC(C)(C)C)c2c1)C(c1cn(C23CC(C2)C3)nn1)c1ccc(F)nc1C.Cc1nc(F)ccc1C(Cc1cc(C#N)c2ncc(C#N)c(NCC(C)(C)C)c2c1)c1cn(C23CC(C2)C3)nn1. The molecular formula is C72H82ClF2N17O6. The van der Waals surface area contributed by atoms with Gasteiger partial charge in [-0.2, -0.15) is 29.8 Å². The maximum Gasteiger partial charge on any atom is 0.415 e. The summed E-state index contributed by atoms with van der Waals surface area (Å²) >= 11 is 4.89. The largest absolute Gasteiger partial charge is 0.448 e. The van der Waals surface area contributed by atoms with Crippen molar-refractivity contribution in [3.8, 4) is 24.3 Å². The molecule has 4 bridgehead atoms. The van der Waals surface area contributed by atoms with E-state index < -0.39 is 35.6 Å². The number of halogens is 3. The van der Waals surface area contributed by atoms with Crippen molar-refractivity contribution in [1.82, 2.24) is 49.9 Å². The van der Waals surface area contributed by atoms with Crippen LogP contribution in [0.25, 0.3) is 21.8 Å². The molecule has 26 heteroatoms. The number of aryl methyl sites for hydroxylation is 2. The zero-order valence-electron chi connectivity index (χ0n) is 56.5. The summed E-state index contributed by atoms with van der Waals surface area (Å²) in [6.07, 6.45) is 12.1. The van der Waals surface area contributed by atoms with Gasteiger partial charge in [0, 0.05) is 91.1 Å². The number of aromatic nitrogens is 10. The number of amides is 1. The number of nitrogens with one attached hydrogen (secondary N) is 2. The van der Waals surface area contributed by atoms with Crippen molar-refractivity contribution in [1.29, 1.82) is 21.0 Å². The van der Waals surface area contributed by atoms with Gasteiger partial charge in [-0.3, -0.25) is 14.9 Å². The maximum absolute atomic E-state index is 14.4. The predicted molar refractivity (Wildman–Crippen MR) is 365 cm³/mol. The van der Waals surface area contributed by atoms with Crippen molar-refractivity contribution in [2.45, 2.75) is 157 Å². The van der Waals surface area contributed by atoms with E-state index in [0.29, 0.717) is 93.6 Å². The molecule has 6 fully saturated rings. The van der Waals surface area contributed by atoms with Crippen LogP contribution in [0.1, 0.15) is 175 Å². The fourth-order valence-electron chi connectivity index (χ4n) is 13.1. The minimum atomic E-state index is -0.983. The molecule has 6 heterocycles. The van der Waals surface area contributed by atoms with Crippen molar-refractivity contribution in [2.75, 3.05) is 56.1 Å². The number of nitriles is 4. The lowest BCUT2D eigenvalue weighted by molar-refractivity contribution is -0.0990. The summed E-state index contributed by atoms with van der Waals surface area (Å²) in [5.74, 6) is 0.0520. The summed E-state index contributed by atoms with van der Waals surface area (Å²) in [6.45, 7) is 21.1. The zero-order valence-corrected chi connectivity index (χ0v) is 57.2. The van der Waals surface area contributed by atoms with Crippen LogP contribution in [0.4, 0.5) is 35.4 Å². The molecule has 1 amide bonds. The highest BCUT2D eigenvalue weighted by Crippen LogP contribution is 2.63. The molecule has 6 aromatic heterocycles. The molecule has 0 radical (unpaired) electrons. The van der Waals surface area contributed by atoms with Gasteiger partial charge in [0.25, 0.3) is 0 Å². The molecule has 4 atom stereocenters. The monoisotopic (exact) mass is 1350 g/mol. The Morgan fingerprint density at radius 3 is 1.55 bits per heavy atom. The van der Waals surface area contributed by atoms with Crippen LogP contribution in [-0.4, -0.2) is 114 Å². The topological polar surface area (TPSA) is 306 Å². The first-order valence-corrected chi connectivity index (χ1v) is 32.5. The van der Waals surface area contributed by atoms with E-state index in [1.165, 1.54) is 43.6 Å². The average Bonchev–Trinajstić information content (AvgIpc) is 0.950. The Balaban J connectivity index is 0.000000204. The minimum absolute atomic E-state index is 0. The lowest BCUT2D eigenvalue weighted by Gasteiger charge is -2.61. The molecule has 23 nitrogen and oxygen atoms in total. The third-order valence-electron chi connectivity index (χ3n) is 18.1. The van der Waals surface area contributed by atoms with Crippen molar-refractivity contribution >= 4 is 62.0 Å². The zero-order chi connectivity index (χ0) is 69.9. The van der Waals surface area contributed by atoms with E-state index in [1.807, 2.05) is 33.9 Å². The summed E-state index contributed by atoms with van der Waals surface area (Å²) in [4.78, 5) is 42.9. The van der Waals surface area contributed by atoms with Gasteiger partial charge in [-0.05, 0) is 143 Å². The Morgan fingerprint density at radius 1 is 0.663 bits per heavy atom. The second kappa shape index (κ2) is 29.5. The van der Waals surface area contributed by atoms with Gasteiger partial charge in [-0.1, -0.05) is 71.5 Å². The van der Waals surface area contributed by atoms with Gasteiger partial charge in [0.2, 0.25) is 11.9 Å². The van der Waals surface area contributed by atoms with Crippen LogP contribution in [0, 0.1) is 93.7 Å². The van der Waals surface area contributed by atoms with Gasteiger partial charge in [0.05, 0.1) is 86.5 Å². The van der Waals surface area contributed by atoms with Gasteiger partial charge in [0.1, 0.15) is 48.2 Å². The van der Waals surface area contributed by atoms with E-state index in [0.717, 1.165) is 66.6 Å². The molecule has 98 heavy (non-hydrogen) atoms. The smallest absolute Gasteiger partial charge is 0.415 e. The first kappa shape index (κ1) is 72.5. The van der Waals surface area contributed by atoms with Crippen molar-refractivity contribution in [2.24, 2.45) is 22.7 Å². The van der Waals surface area contributed by atoms with Gasteiger partial charge in [-0.15, -0.1) is 10.2 Å². The lowest BCUT2D eigenvalue weighted by Crippen LogP contribution is -2.59. The number of carbonyl (C=O) groups excluding carboxylic acids is 2. The molecule has 2 N–H and O–H groups in total. The quantitative estimate of drug-likeness (QED) is 0.0529. The molecule has 6 saturated carbocycles. The fraction of sp³-hybridized carbons (Fsp3) is 0.472. The van der Waals surface area contributed by atoms with E-state index >= 15 is 0 Å². The molecule has 2 unspecified atom stereocenters. The minimum Gasteiger partial charge on any atom is -0.448 e. The number of benzene rings is 2. The molecule has 0 aliphatic heterocycles. The van der Waals surface area contributed by atoms with Gasteiger partial charge in [-0.25, -0.2) is 28.9 Å². The summed E-state index contributed by atoms with van der Waals surface area (Å²) in [7, 11) is 3.04. The summed E-state index contributed by atoms with van der Waals surface area (Å²) in [5, 5.41) is 66.5. The number of hydrogen-bond acceptors (Lipinski definition) is 20. The fourth-order valence-corrected chi connectivity index (χ4v) is 13.3. The molecule has 2 aromatic carbocycles. The number of carbonyl (C=O) groups is 2. The number of methoxy groups -OCH3 is 2. The molecule has 512 valence electrons. The third-order valence-corrected chi connectivity index (χ3v) is 18.2. The number of hydrogen-bond donors (Lipinski definition) is 2. The maximum atomic E-state index is 14.4. The highest BCUT2D eigenvalue weighted by atomic mass is 35.5. The van der Waals surface area contributed by atoms with E-state index in [9.17, 15) is 39.4 Å². The second-order valence-corrected chi connectivity index (χ2v) is 28.6. The lowest BCUT2D eigenvalue weighted by atomic mass is 9.50. The molecular weight excluding hydrogens is 1270 g/mol. The molecule has 6 aliphatic carbocycles. The standard InChI is InChI=1S/C35H38FN9O3.C31H31FN8.C5H9ClO3.CH4/c1-20(18-47-6)48-33(46)45(25-9-23(14-37)30-27(10-25)31(24(15-38)16-39-30)40-19-34(3,4)5)32(26-7-8-29(36)41-21(26)2)28-17-44(43-42-28)35-11-22(12-35)13-35;1-18-23(5-6-27(32)37-18)24(26-16-40(39-38-26)31-10-20(11-31)12-31)8-19-7-21(13-33)28-25(9-19)29(22(14-34)15-35-28)36-17-30(2,3)4;1-4(3-8-2)9-5(6)7;/h7-10,16-17,20,22,32H,11-13,18-19H2,1-6H3,(H,39,40);5-7,9,15-16,20,24H,8,10-12,17H2,1-4H3,(H,35,36);4H,3H2,1-2H3;1H4/t20-,22?,32?,35?;;4-;/m1.1./s1. The Morgan fingerprint density at radius 2 is 1.11 bits per heavy atom. The van der Waals surface area contributed by atoms with Crippen molar-refractivity contribution < 1.29 is 37.3 Å². The average molecular weight is 1360 g/mol. The third kappa shape index (κ3) is 15.6. The van der Waals surface area contributed by atoms with Gasteiger partial charge in [0.15, 0.2) is 0 Å². The molecule has 0 saturated heterocycles. The second-order valence-electron chi connectivity index (χ2n) is 28.3. The summed E-state index contributed by atoms with van der Waals surface area (Å²) < 4.78 is 52.6. The molecule has 6 aliphatic rings. The first-order chi connectivity index (χ1) is 46.1. The van der Waals surface area contributed by atoms with Crippen LogP contribution in [0.2, 0.25) is 0 Å². The Kier molecular flexibility index (Phi) is 21.8. The highest BCUT2D eigenvalue weighted by molar-refractivity contribution is 6.61. The molecule has 14 rings (SSSR count). The van der Waals surface area contributed by atoms with Crippen molar-refractivity contribution in [3.05, 3.63) is 147 Å². The van der Waals surface area contributed by atoms with Crippen LogP contribution < -0.4 is 15.5 Å². The molecule has 0 spiro atoms. The van der Waals surface area contributed by atoms with Crippen molar-refractivity contribution in [3.63, 3.8) is 0 Å². The predicted octanol–water partition coefficient (Wildman–Crippen LogP) is 13.9. The Hall–Kier alpha value is -9.79. The first-order valence-electron chi connectivity index (χ1n) is 32.1. The van der Waals surface area contributed by atoms with Crippen LogP contribution in [0.5, 0.6) is 0 Å². The summed E-state index contributed by atoms with van der Waals surface area (Å²) in [6, 6.07) is 21.0. The number of anilines is 3. The van der Waals surface area contributed by atoms with Gasteiger partial charge < -0.3 is 29.6 Å². The van der Waals surface area contributed by atoms with E-state index in [2.05, 4.69) is 126 Å². The Bertz CT molecular complexity index is 4450. The normalized spacial score (nSPS) is 18.9. The number of ether oxygens (including phenoxy) is 4. The summed E-state index contributed by atoms with van der Waals surface area (Å²) in [5.41, 5.74) is 7.09.